The van der Waals surface area contributed by atoms with Crippen molar-refractivity contribution in [2.75, 3.05) is 4.90 Å². The fourth-order valence-electron chi connectivity index (χ4n) is 1.49. The Kier molecular flexibility index (Phi) is 3.54. The van der Waals surface area contributed by atoms with Crippen molar-refractivity contribution in [3.8, 4) is 0 Å². The molecule has 18 heavy (non-hydrogen) atoms. The van der Waals surface area contributed by atoms with Gasteiger partial charge >= 0.3 is 12.3 Å². The van der Waals surface area contributed by atoms with E-state index in [-0.39, 0.29) is 5.69 Å². The van der Waals surface area contributed by atoms with Gasteiger partial charge < -0.3 is 5.11 Å². The van der Waals surface area contributed by atoms with Gasteiger partial charge in [0.05, 0.1) is 17.4 Å². The molecule has 0 saturated heterocycles. The van der Waals surface area contributed by atoms with Crippen molar-refractivity contribution in [1.82, 2.24) is 4.98 Å². The van der Waals surface area contributed by atoms with Crippen LogP contribution >= 0.6 is 0 Å². The van der Waals surface area contributed by atoms with Crippen LogP contribution in [0.3, 0.4) is 0 Å². The fraction of sp³-hybridized carbons (Fsp3) is 0.455. The lowest BCUT2D eigenvalue weighted by Gasteiger charge is -2.33. The lowest BCUT2D eigenvalue weighted by molar-refractivity contribution is -0.137. The molecule has 1 N–H and O–H groups in total. The Morgan fingerprint density at radius 2 is 1.83 bits per heavy atom. The van der Waals surface area contributed by atoms with E-state index in [9.17, 15) is 18.0 Å². The van der Waals surface area contributed by atoms with E-state index in [4.69, 9.17) is 5.11 Å². The number of anilines is 1. The second-order valence-electron chi connectivity index (χ2n) is 4.72. The van der Waals surface area contributed by atoms with Crippen molar-refractivity contribution in [2.24, 2.45) is 0 Å². The summed E-state index contributed by atoms with van der Waals surface area (Å²) in [5.41, 5.74) is -1.95. The Balaban J connectivity index is 3.27. The highest BCUT2D eigenvalue weighted by Gasteiger charge is 2.34. The summed E-state index contributed by atoms with van der Waals surface area (Å²) in [4.78, 5) is 15.4. The molecule has 0 bridgehead atoms. The van der Waals surface area contributed by atoms with Crippen LogP contribution in [0.2, 0.25) is 0 Å². The standard InChI is InChI=1S/C11H13F3N2O2/c1-10(2,3)16(9(17)18)8-4-7(5-15-6-8)11(12,13)14/h4-6H,1-3H3,(H,17,18). The zero-order chi connectivity index (χ0) is 14.1. The molecule has 0 atom stereocenters. The van der Waals surface area contributed by atoms with E-state index in [1.807, 2.05) is 0 Å². The maximum atomic E-state index is 12.5. The van der Waals surface area contributed by atoms with Gasteiger partial charge in [0.25, 0.3) is 0 Å². The SMILES string of the molecule is CC(C)(C)N(C(=O)O)c1cncc(C(F)(F)F)c1. The molecule has 0 spiro atoms. The first kappa shape index (κ1) is 14.3. The Bertz CT molecular complexity index is 452. The van der Waals surface area contributed by atoms with E-state index >= 15 is 0 Å². The van der Waals surface area contributed by atoms with Gasteiger partial charge in [-0.1, -0.05) is 0 Å². The van der Waals surface area contributed by atoms with Crippen molar-refractivity contribution in [2.45, 2.75) is 32.5 Å². The lowest BCUT2D eigenvalue weighted by Crippen LogP contribution is -2.45. The highest BCUT2D eigenvalue weighted by atomic mass is 19.4. The van der Waals surface area contributed by atoms with Crippen molar-refractivity contribution in [1.29, 1.82) is 0 Å². The lowest BCUT2D eigenvalue weighted by atomic mass is 10.1. The van der Waals surface area contributed by atoms with Crippen molar-refractivity contribution in [3.05, 3.63) is 24.0 Å². The molecule has 100 valence electrons. The predicted molar refractivity (Wildman–Crippen MR) is 59.5 cm³/mol. The van der Waals surface area contributed by atoms with E-state index in [0.717, 1.165) is 17.2 Å². The summed E-state index contributed by atoms with van der Waals surface area (Å²) in [6.07, 6.45) is -4.13. The fourth-order valence-corrected chi connectivity index (χ4v) is 1.49. The summed E-state index contributed by atoms with van der Waals surface area (Å²) >= 11 is 0. The third kappa shape index (κ3) is 3.12. The number of pyridine rings is 1. The number of amides is 1. The molecule has 1 heterocycles. The molecule has 0 aromatic carbocycles. The predicted octanol–water partition coefficient (Wildman–Crippen LogP) is 3.38. The minimum Gasteiger partial charge on any atom is -0.465 e. The normalized spacial score (nSPS) is 12.3. The summed E-state index contributed by atoms with van der Waals surface area (Å²) < 4.78 is 37.6. The molecule has 0 fully saturated rings. The zero-order valence-electron chi connectivity index (χ0n) is 10.1. The van der Waals surface area contributed by atoms with Gasteiger partial charge in [-0.2, -0.15) is 13.2 Å². The molecule has 1 aromatic heterocycles. The van der Waals surface area contributed by atoms with Crippen LogP contribution in [-0.4, -0.2) is 21.7 Å². The van der Waals surface area contributed by atoms with Crippen molar-refractivity contribution >= 4 is 11.8 Å². The molecule has 0 aliphatic carbocycles. The van der Waals surface area contributed by atoms with Crippen LogP contribution in [0.5, 0.6) is 0 Å². The van der Waals surface area contributed by atoms with Gasteiger partial charge in [0, 0.05) is 11.7 Å². The van der Waals surface area contributed by atoms with Crippen LogP contribution in [0.25, 0.3) is 0 Å². The molecule has 0 radical (unpaired) electrons. The quantitative estimate of drug-likeness (QED) is 0.844. The Labute approximate surface area is 102 Å². The topological polar surface area (TPSA) is 53.4 Å². The summed E-state index contributed by atoms with van der Waals surface area (Å²) in [5, 5.41) is 9.07. The first-order chi connectivity index (χ1) is 8.03. The highest BCUT2D eigenvalue weighted by Crippen LogP contribution is 2.32. The van der Waals surface area contributed by atoms with Gasteiger partial charge in [-0.25, -0.2) is 4.79 Å². The molecule has 7 heteroatoms. The van der Waals surface area contributed by atoms with Gasteiger partial charge in [-0.15, -0.1) is 0 Å². The monoisotopic (exact) mass is 262 g/mol. The molecule has 0 unspecified atom stereocenters. The number of aromatic nitrogens is 1. The number of alkyl halides is 3. The smallest absolute Gasteiger partial charge is 0.417 e. The van der Waals surface area contributed by atoms with Crippen LogP contribution in [-0.2, 0) is 6.18 Å². The maximum Gasteiger partial charge on any atom is 0.417 e. The van der Waals surface area contributed by atoms with Crippen LogP contribution in [0, 0.1) is 0 Å². The third-order valence-corrected chi connectivity index (χ3v) is 2.17. The number of nitrogens with zero attached hydrogens (tertiary/aromatic N) is 2. The van der Waals surface area contributed by atoms with Crippen LogP contribution in [0.15, 0.2) is 18.5 Å². The van der Waals surface area contributed by atoms with Crippen LogP contribution < -0.4 is 4.90 Å². The van der Waals surface area contributed by atoms with Gasteiger partial charge in [-0.05, 0) is 26.8 Å². The number of rotatable bonds is 1. The summed E-state index contributed by atoms with van der Waals surface area (Å²) in [6.45, 7) is 4.75. The molecule has 1 amide bonds. The number of carbonyl (C=O) groups is 1. The summed E-state index contributed by atoms with van der Waals surface area (Å²) in [5.74, 6) is 0. The molecule has 4 nitrogen and oxygen atoms in total. The average Bonchev–Trinajstić information content (AvgIpc) is 2.13. The zero-order valence-corrected chi connectivity index (χ0v) is 10.1. The minimum absolute atomic E-state index is 0.107. The summed E-state index contributed by atoms with van der Waals surface area (Å²) in [6, 6.07) is 0.770. The first-order valence-electron chi connectivity index (χ1n) is 5.09. The third-order valence-electron chi connectivity index (χ3n) is 2.17. The molecular weight excluding hydrogens is 249 g/mol. The van der Waals surface area contributed by atoms with E-state index in [1.54, 1.807) is 20.8 Å². The van der Waals surface area contributed by atoms with Gasteiger partial charge in [0.2, 0.25) is 0 Å². The van der Waals surface area contributed by atoms with Crippen LogP contribution in [0.4, 0.5) is 23.7 Å². The molecule has 1 rings (SSSR count). The van der Waals surface area contributed by atoms with Gasteiger partial charge in [-0.3, -0.25) is 9.88 Å². The maximum absolute atomic E-state index is 12.5. The van der Waals surface area contributed by atoms with Gasteiger partial charge in [0.15, 0.2) is 0 Å². The first-order valence-corrected chi connectivity index (χ1v) is 5.09. The van der Waals surface area contributed by atoms with Gasteiger partial charge in [0.1, 0.15) is 0 Å². The molecule has 1 aromatic rings. The highest BCUT2D eigenvalue weighted by molar-refractivity contribution is 5.87. The minimum atomic E-state index is -4.55. The number of hydrogen-bond acceptors (Lipinski definition) is 2. The largest absolute Gasteiger partial charge is 0.465 e. The second-order valence-corrected chi connectivity index (χ2v) is 4.72. The second kappa shape index (κ2) is 4.47. The summed E-state index contributed by atoms with van der Waals surface area (Å²) in [7, 11) is 0. The Hall–Kier alpha value is -1.79. The number of halogens is 3. The number of hydrogen-bond donors (Lipinski definition) is 1. The van der Waals surface area contributed by atoms with Crippen molar-refractivity contribution in [3.63, 3.8) is 0 Å². The average molecular weight is 262 g/mol. The van der Waals surface area contributed by atoms with E-state index < -0.39 is 23.4 Å². The van der Waals surface area contributed by atoms with E-state index in [0.29, 0.717) is 6.20 Å². The van der Waals surface area contributed by atoms with E-state index in [1.165, 1.54) is 0 Å². The van der Waals surface area contributed by atoms with Crippen LogP contribution in [0.1, 0.15) is 26.3 Å². The Morgan fingerprint density at radius 3 is 2.22 bits per heavy atom. The molecular formula is C11H13F3N2O2. The molecule has 0 aliphatic rings. The van der Waals surface area contributed by atoms with Crippen molar-refractivity contribution < 1.29 is 23.1 Å². The number of carboxylic acid groups (broad SMARTS) is 1. The van der Waals surface area contributed by atoms with E-state index in [2.05, 4.69) is 4.98 Å². The molecule has 0 saturated carbocycles. The molecule has 0 aliphatic heterocycles. The Morgan fingerprint density at radius 1 is 1.28 bits per heavy atom.